The molecule has 5 nitrogen and oxygen atoms in total. The first-order valence-corrected chi connectivity index (χ1v) is 9.30. The van der Waals surface area contributed by atoms with Crippen molar-refractivity contribution in [2.45, 2.75) is 39.0 Å². The summed E-state index contributed by atoms with van der Waals surface area (Å²) in [6.45, 7) is 4.72. The molecule has 2 aliphatic heterocycles. The zero-order chi connectivity index (χ0) is 17.8. The van der Waals surface area contributed by atoms with E-state index in [2.05, 4.69) is 25.2 Å². The summed E-state index contributed by atoms with van der Waals surface area (Å²) in [7, 11) is 0. The predicted octanol–water partition coefficient (Wildman–Crippen LogP) is 3.05. The number of thiophene rings is 1. The molecule has 1 aromatic heterocycles. The third-order valence-electron chi connectivity index (χ3n) is 5.09. The van der Waals surface area contributed by atoms with Crippen LogP contribution in [0.4, 0.5) is 0 Å². The molecule has 128 valence electrons. The highest BCUT2D eigenvalue weighted by atomic mass is 32.1. The van der Waals surface area contributed by atoms with E-state index in [-0.39, 0.29) is 23.0 Å². The van der Waals surface area contributed by atoms with Crippen LogP contribution in [0.25, 0.3) is 0 Å². The zero-order valence-electron chi connectivity index (χ0n) is 14.3. The second-order valence-corrected chi connectivity index (χ2v) is 8.55. The molecular formula is C19H19N3O2S. The number of allylic oxidation sites excluding steroid dienone is 3. The lowest BCUT2D eigenvalue weighted by Gasteiger charge is -2.45. The summed E-state index contributed by atoms with van der Waals surface area (Å²) >= 11 is 1.54. The number of Topliss-reactive ketones (excluding diaryl/α,β-unsaturated/α-hetero) is 1. The van der Waals surface area contributed by atoms with Crippen molar-refractivity contribution in [2.75, 3.05) is 6.54 Å². The van der Waals surface area contributed by atoms with Crippen LogP contribution in [-0.4, -0.2) is 23.1 Å². The van der Waals surface area contributed by atoms with Crippen LogP contribution in [0.2, 0.25) is 0 Å². The number of ketones is 1. The molecule has 0 radical (unpaired) electrons. The van der Waals surface area contributed by atoms with Crippen LogP contribution < -0.4 is 5.32 Å². The lowest BCUT2D eigenvalue weighted by molar-refractivity contribution is -0.122. The first kappa shape index (κ1) is 16.1. The molecule has 1 saturated heterocycles. The van der Waals surface area contributed by atoms with Crippen LogP contribution in [0.3, 0.4) is 0 Å². The van der Waals surface area contributed by atoms with E-state index in [1.165, 1.54) is 0 Å². The second kappa shape index (κ2) is 5.57. The fourth-order valence-corrected chi connectivity index (χ4v) is 4.92. The summed E-state index contributed by atoms with van der Waals surface area (Å²) < 4.78 is 0. The van der Waals surface area contributed by atoms with Crippen LogP contribution in [0.15, 0.2) is 40.2 Å². The van der Waals surface area contributed by atoms with Gasteiger partial charge in [-0.25, -0.2) is 0 Å². The number of nitrogens with zero attached hydrogens (tertiary/aromatic N) is 2. The molecule has 4 rings (SSSR count). The zero-order valence-corrected chi connectivity index (χ0v) is 15.1. The van der Waals surface area contributed by atoms with Crippen molar-refractivity contribution >= 4 is 23.0 Å². The molecule has 6 heteroatoms. The Balaban J connectivity index is 1.95. The summed E-state index contributed by atoms with van der Waals surface area (Å²) in [6.07, 6.45) is 1.63. The summed E-state index contributed by atoms with van der Waals surface area (Å²) in [5.74, 6) is 0.248. The van der Waals surface area contributed by atoms with Crippen LogP contribution in [0.1, 0.15) is 43.9 Å². The number of carbonyl (C=O) groups excluding carboxylic acids is 2. The van der Waals surface area contributed by atoms with E-state index in [4.69, 9.17) is 0 Å². The number of nitriles is 1. The molecule has 0 saturated carbocycles. The Labute approximate surface area is 150 Å². The van der Waals surface area contributed by atoms with Crippen molar-refractivity contribution in [2.24, 2.45) is 5.41 Å². The first-order chi connectivity index (χ1) is 11.9. The predicted molar refractivity (Wildman–Crippen MR) is 94.2 cm³/mol. The highest BCUT2D eigenvalue weighted by molar-refractivity contribution is 7.10. The van der Waals surface area contributed by atoms with E-state index < -0.39 is 0 Å². The molecule has 1 aliphatic carbocycles. The monoisotopic (exact) mass is 353 g/mol. The molecule has 3 aliphatic rings. The molecule has 0 bridgehead atoms. The van der Waals surface area contributed by atoms with E-state index in [1.54, 1.807) is 11.3 Å². The van der Waals surface area contributed by atoms with E-state index in [0.717, 1.165) is 22.6 Å². The van der Waals surface area contributed by atoms with Gasteiger partial charge in [0.15, 0.2) is 5.78 Å². The summed E-state index contributed by atoms with van der Waals surface area (Å²) in [5.41, 5.74) is 2.08. The molecule has 1 N–H and O–H groups in total. The van der Waals surface area contributed by atoms with Crippen molar-refractivity contribution in [1.82, 2.24) is 10.2 Å². The van der Waals surface area contributed by atoms with Gasteiger partial charge in [-0.1, -0.05) is 19.9 Å². The van der Waals surface area contributed by atoms with E-state index in [0.29, 0.717) is 30.8 Å². The maximum Gasteiger partial charge on any atom is 0.227 e. The Bertz CT molecular complexity index is 871. The molecule has 1 aromatic rings. The maximum atomic E-state index is 13.1. The van der Waals surface area contributed by atoms with Gasteiger partial charge in [-0.15, -0.1) is 11.3 Å². The smallest absolute Gasteiger partial charge is 0.227 e. The van der Waals surface area contributed by atoms with Crippen molar-refractivity contribution in [3.63, 3.8) is 0 Å². The third kappa shape index (κ3) is 2.50. The molecule has 1 atom stereocenters. The van der Waals surface area contributed by atoms with Gasteiger partial charge in [0.05, 0.1) is 17.6 Å². The Hall–Kier alpha value is -2.39. The minimum absolute atomic E-state index is 0.0747. The standard InChI is InChI=1S/C19H19N3O2S/c1-19(2)8-12-17(13(23)9-19)16(14-4-3-7-25-14)11(10-20)18-21-15(24)5-6-22(12)18/h3-4,7,16H,5-6,8-9H2,1-2H3,(H,21,24). The third-order valence-corrected chi connectivity index (χ3v) is 6.03. The quantitative estimate of drug-likeness (QED) is 0.842. The van der Waals surface area contributed by atoms with E-state index in [1.807, 2.05) is 22.4 Å². The Morgan fingerprint density at radius 1 is 1.36 bits per heavy atom. The van der Waals surface area contributed by atoms with Crippen molar-refractivity contribution in [1.29, 1.82) is 5.26 Å². The lowest BCUT2D eigenvalue weighted by Crippen LogP contribution is -2.48. The Kier molecular flexibility index (Phi) is 3.58. The SMILES string of the molecule is CC1(C)CC(=O)C2=C(C1)N1CCC(=O)NC1=C(C#N)C2c1cccs1. The number of amides is 1. The Morgan fingerprint density at radius 2 is 2.16 bits per heavy atom. The van der Waals surface area contributed by atoms with Gasteiger partial charge >= 0.3 is 0 Å². The van der Waals surface area contributed by atoms with Crippen molar-refractivity contribution in [3.8, 4) is 6.07 Å². The fraction of sp³-hybridized carbons (Fsp3) is 0.421. The van der Waals surface area contributed by atoms with Crippen LogP contribution >= 0.6 is 11.3 Å². The number of hydrogen-bond acceptors (Lipinski definition) is 5. The van der Waals surface area contributed by atoms with Crippen LogP contribution in [-0.2, 0) is 9.59 Å². The average Bonchev–Trinajstić information content (AvgIpc) is 3.06. The van der Waals surface area contributed by atoms with Crippen LogP contribution in [0.5, 0.6) is 0 Å². The van der Waals surface area contributed by atoms with Gasteiger partial charge in [-0.3, -0.25) is 9.59 Å². The first-order valence-electron chi connectivity index (χ1n) is 8.42. The normalized spacial score (nSPS) is 25.3. The topological polar surface area (TPSA) is 73.2 Å². The molecule has 0 spiro atoms. The van der Waals surface area contributed by atoms with Crippen molar-refractivity contribution in [3.05, 3.63) is 45.1 Å². The number of hydrogen-bond donors (Lipinski definition) is 1. The van der Waals surface area contributed by atoms with Gasteiger partial charge < -0.3 is 10.2 Å². The molecule has 3 heterocycles. The van der Waals surface area contributed by atoms with Gasteiger partial charge in [0.1, 0.15) is 5.82 Å². The number of rotatable bonds is 1. The molecule has 1 unspecified atom stereocenters. The minimum atomic E-state index is -0.367. The largest absolute Gasteiger partial charge is 0.330 e. The van der Waals surface area contributed by atoms with Gasteiger partial charge in [-0.05, 0) is 23.3 Å². The molecular weight excluding hydrogens is 334 g/mol. The highest BCUT2D eigenvalue weighted by Crippen LogP contribution is 2.50. The molecule has 0 aromatic carbocycles. The Morgan fingerprint density at radius 3 is 2.84 bits per heavy atom. The fourth-order valence-electron chi connectivity index (χ4n) is 4.08. The number of nitrogens with one attached hydrogen (secondary N) is 1. The molecule has 1 amide bonds. The minimum Gasteiger partial charge on any atom is -0.330 e. The summed E-state index contributed by atoms with van der Waals surface area (Å²) in [5, 5.41) is 14.7. The number of carbonyl (C=O) groups is 2. The summed E-state index contributed by atoms with van der Waals surface area (Å²) in [4.78, 5) is 28.0. The van der Waals surface area contributed by atoms with E-state index in [9.17, 15) is 14.9 Å². The molecule has 1 fully saturated rings. The summed E-state index contributed by atoms with van der Waals surface area (Å²) in [6, 6.07) is 6.18. The van der Waals surface area contributed by atoms with Gasteiger partial charge in [0.2, 0.25) is 5.91 Å². The second-order valence-electron chi connectivity index (χ2n) is 7.57. The van der Waals surface area contributed by atoms with Gasteiger partial charge in [0, 0.05) is 35.5 Å². The van der Waals surface area contributed by atoms with Gasteiger partial charge in [0.25, 0.3) is 0 Å². The highest BCUT2D eigenvalue weighted by Gasteiger charge is 2.46. The van der Waals surface area contributed by atoms with Gasteiger partial charge in [-0.2, -0.15) is 5.26 Å². The van der Waals surface area contributed by atoms with Crippen molar-refractivity contribution < 1.29 is 9.59 Å². The van der Waals surface area contributed by atoms with Crippen LogP contribution in [0, 0.1) is 16.7 Å². The lowest BCUT2D eigenvalue weighted by atomic mass is 9.69. The molecule has 25 heavy (non-hydrogen) atoms. The maximum absolute atomic E-state index is 13.1. The average molecular weight is 353 g/mol. The number of fused-ring (bicyclic) bond motifs is 2. The van der Waals surface area contributed by atoms with E-state index >= 15 is 0 Å².